The summed E-state index contributed by atoms with van der Waals surface area (Å²) >= 11 is 2.00. The fourth-order valence-corrected chi connectivity index (χ4v) is 6.46. The van der Waals surface area contributed by atoms with Crippen LogP contribution in [0.5, 0.6) is 0 Å². The van der Waals surface area contributed by atoms with Crippen LogP contribution in [0.2, 0.25) is 0 Å². The highest BCUT2D eigenvalue weighted by molar-refractivity contribution is 14.1. The maximum Gasteiger partial charge on any atom is 0.266 e. The highest BCUT2D eigenvalue weighted by atomic mass is 127. The van der Waals surface area contributed by atoms with Crippen LogP contribution in [0.3, 0.4) is 0 Å². The fourth-order valence-electron chi connectivity index (χ4n) is 4.42. The maximum absolute atomic E-state index is 13.0. The number of sulfone groups is 1. The lowest BCUT2D eigenvalue weighted by Gasteiger charge is -2.28. The van der Waals surface area contributed by atoms with E-state index in [1.807, 2.05) is 22.6 Å². The molecule has 2 fully saturated rings. The Labute approximate surface area is 204 Å². The number of hydrogen-bond donors (Lipinski definition) is 2. The number of nitrogens with zero attached hydrogens (tertiary/aromatic N) is 3. The number of pyridine rings is 1. The number of anilines is 2. The zero-order valence-electron chi connectivity index (χ0n) is 17.9. The third kappa shape index (κ3) is 4.04. The summed E-state index contributed by atoms with van der Waals surface area (Å²) in [6, 6.07) is 7.78. The summed E-state index contributed by atoms with van der Waals surface area (Å²) < 4.78 is 32.2. The number of hydrogen-bond acceptors (Lipinski definition) is 8. The molecule has 2 N–H and O–H groups in total. The number of fused-ring (bicyclic) bond motifs is 1. The second-order valence-corrected chi connectivity index (χ2v) is 12.1. The topological polar surface area (TPSA) is 123 Å². The minimum absolute atomic E-state index is 0.186. The van der Waals surface area contributed by atoms with E-state index in [9.17, 15) is 18.3 Å². The van der Waals surface area contributed by atoms with Crippen molar-refractivity contribution in [1.82, 2.24) is 14.5 Å². The van der Waals surface area contributed by atoms with Crippen molar-refractivity contribution >= 4 is 55.1 Å². The van der Waals surface area contributed by atoms with Crippen LogP contribution >= 0.6 is 22.6 Å². The molecular formula is C22H23IN4O5S. The number of halogens is 1. The van der Waals surface area contributed by atoms with Crippen molar-refractivity contribution in [2.75, 3.05) is 18.5 Å². The van der Waals surface area contributed by atoms with Gasteiger partial charge < -0.3 is 15.2 Å². The molecule has 2 atom stereocenters. The Kier molecular flexibility index (Phi) is 5.70. The number of rotatable bonds is 5. The molecule has 2 aliphatic rings. The number of aliphatic hydroxyl groups is 1. The summed E-state index contributed by atoms with van der Waals surface area (Å²) in [6.45, 7) is 2.21. The van der Waals surface area contributed by atoms with Crippen molar-refractivity contribution in [2.45, 2.75) is 48.0 Å². The lowest BCUT2D eigenvalue weighted by molar-refractivity contribution is 0.0266. The normalized spacial score (nSPS) is 23.5. The van der Waals surface area contributed by atoms with E-state index in [1.165, 1.54) is 0 Å². The molecule has 0 radical (unpaired) electrons. The molecule has 0 amide bonds. The van der Waals surface area contributed by atoms with Crippen molar-refractivity contribution in [3.63, 3.8) is 0 Å². The van der Waals surface area contributed by atoms with Crippen LogP contribution in [0.1, 0.15) is 32.2 Å². The smallest absolute Gasteiger partial charge is 0.266 e. The lowest BCUT2D eigenvalue weighted by atomic mass is 10.00. The molecule has 1 aliphatic heterocycles. The van der Waals surface area contributed by atoms with Crippen molar-refractivity contribution in [3.05, 3.63) is 50.5 Å². The Morgan fingerprint density at radius 2 is 2.00 bits per heavy atom. The van der Waals surface area contributed by atoms with E-state index in [1.54, 1.807) is 48.0 Å². The number of nitrogens with one attached hydrogen (secondary N) is 1. The van der Waals surface area contributed by atoms with Crippen molar-refractivity contribution < 1.29 is 18.3 Å². The molecular weight excluding hydrogens is 559 g/mol. The minimum atomic E-state index is -3.40. The van der Waals surface area contributed by atoms with Gasteiger partial charge >= 0.3 is 0 Å². The molecule has 0 spiro atoms. The Balaban J connectivity index is 1.49. The van der Waals surface area contributed by atoms with Gasteiger partial charge in [0.2, 0.25) is 5.95 Å². The molecule has 3 heterocycles. The highest BCUT2D eigenvalue weighted by Crippen LogP contribution is 2.39. The number of ether oxygens (including phenoxy) is 1. The summed E-state index contributed by atoms with van der Waals surface area (Å²) in [5.41, 5.74) is -0.110. The first kappa shape index (κ1) is 22.7. The first-order valence-electron chi connectivity index (χ1n) is 10.7. The lowest BCUT2D eigenvalue weighted by Crippen LogP contribution is -2.40. The molecule has 1 saturated heterocycles. The van der Waals surface area contributed by atoms with Gasteiger partial charge in [-0.3, -0.25) is 9.36 Å². The third-order valence-electron chi connectivity index (χ3n) is 6.40. The Bertz CT molecular complexity index is 1380. The predicted molar refractivity (Wildman–Crippen MR) is 132 cm³/mol. The molecule has 9 nitrogen and oxygen atoms in total. The molecule has 5 rings (SSSR count). The summed E-state index contributed by atoms with van der Waals surface area (Å²) in [7, 11) is -3.40. The summed E-state index contributed by atoms with van der Waals surface area (Å²) in [5, 5.41) is 14.2. The van der Waals surface area contributed by atoms with Crippen molar-refractivity contribution in [1.29, 1.82) is 0 Å². The quantitative estimate of drug-likeness (QED) is 0.441. The van der Waals surface area contributed by atoms with Gasteiger partial charge in [-0.05, 0) is 79.1 Å². The molecule has 1 aromatic carbocycles. The first-order chi connectivity index (χ1) is 15.7. The standard InChI is InChI=1S/C22H23IN4O5S/c1-22(29)8-2-3-18(22)27-19-13(9-17(23)20(27)28)10-24-21(26-19)25-14-4-6-15(7-5-14)33(30,31)16-11-32-12-16/h4-7,9-10,16,18,29H,2-3,8,11-12H2,1H3,(H,24,25,26)/t18-,22-/m1/s1. The molecule has 2 aromatic heterocycles. The summed E-state index contributed by atoms with van der Waals surface area (Å²) in [4.78, 5) is 22.2. The first-order valence-corrected chi connectivity index (χ1v) is 13.3. The van der Waals surface area contributed by atoms with Gasteiger partial charge in [-0.25, -0.2) is 13.4 Å². The van der Waals surface area contributed by atoms with E-state index in [2.05, 4.69) is 15.3 Å². The van der Waals surface area contributed by atoms with E-state index < -0.39 is 20.7 Å². The van der Waals surface area contributed by atoms with Gasteiger partial charge in [0.1, 0.15) is 10.9 Å². The molecule has 0 unspecified atom stereocenters. The van der Waals surface area contributed by atoms with Crippen molar-refractivity contribution in [2.24, 2.45) is 0 Å². The van der Waals surface area contributed by atoms with Crippen LogP contribution < -0.4 is 10.9 Å². The zero-order valence-corrected chi connectivity index (χ0v) is 20.8. The van der Waals surface area contributed by atoms with E-state index in [0.717, 1.165) is 6.42 Å². The molecule has 1 saturated carbocycles. The highest BCUT2D eigenvalue weighted by Gasteiger charge is 2.39. The van der Waals surface area contributed by atoms with Gasteiger partial charge in [-0.15, -0.1) is 0 Å². The van der Waals surface area contributed by atoms with Gasteiger partial charge in [0, 0.05) is 17.3 Å². The zero-order chi connectivity index (χ0) is 23.4. The SMILES string of the molecule is C[C@@]1(O)CCC[C@H]1n1c(=O)c(I)cc2cnc(Nc3ccc(S(=O)(=O)C4COC4)cc3)nc21. The van der Waals surface area contributed by atoms with E-state index >= 15 is 0 Å². The van der Waals surface area contributed by atoms with E-state index in [-0.39, 0.29) is 35.7 Å². The average molecular weight is 582 g/mol. The predicted octanol–water partition coefficient (Wildman–Crippen LogP) is 2.79. The van der Waals surface area contributed by atoms with Crippen LogP contribution in [0, 0.1) is 3.57 Å². The third-order valence-corrected chi connectivity index (χ3v) is 9.26. The molecule has 1 aliphatic carbocycles. The van der Waals surface area contributed by atoms with E-state index in [0.29, 0.717) is 33.1 Å². The fraction of sp³-hybridized carbons (Fsp3) is 0.409. The molecule has 33 heavy (non-hydrogen) atoms. The Hall–Kier alpha value is -2.09. The number of benzene rings is 1. The van der Waals surface area contributed by atoms with Gasteiger partial charge in [0.15, 0.2) is 9.84 Å². The van der Waals surface area contributed by atoms with Crippen LogP contribution in [0.4, 0.5) is 11.6 Å². The summed E-state index contributed by atoms with van der Waals surface area (Å²) in [5.74, 6) is 0.275. The van der Waals surface area contributed by atoms with Gasteiger partial charge in [0.25, 0.3) is 5.56 Å². The van der Waals surface area contributed by atoms with Crippen LogP contribution in [0.15, 0.2) is 46.2 Å². The molecule has 11 heteroatoms. The molecule has 3 aromatic rings. The average Bonchev–Trinajstić information content (AvgIpc) is 3.07. The van der Waals surface area contributed by atoms with Crippen LogP contribution in [-0.2, 0) is 14.6 Å². The van der Waals surface area contributed by atoms with Crippen molar-refractivity contribution in [3.8, 4) is 0 Å². The molecule has 174 valence electrons. The van der Waals surface area contributed by atoms with E-state index in [4.69, 9.17) is 4.74 Å². The largest absolute Gasteiger partial charge is 0.388 e. The Morgan fingerprint density at radius 3 is 2.61 bits per heavy atom. The van der Waals surface area contributed by atoms with Gasteiger partial charge in [0.05, 0.1) is 33.3 Å². The van der Waals surface area contributed by atoms with Gasteiger partial charge in [-0.1, -0.05) is 0 Å². The minimum Gasteiger partial charge on any atom is -0.388 e. The maximum atomic E-state index is 13.0. The molecule has 0 bridgehead atoms. The Morgan fingerprint density at radius 1 is 1.27 bits per heavy atom. The monoisotopic (exact) mass is 582 g/mol. The van der Waals surface area contributed by atoms with Gasteiger partial charge in [-0.2, -0.15) is 4.98 Å². The second kappa shape index (κ2) is 8.29. The second-order valence-electron chi connectivity index (χ2n) is 8.76. The van der Waals surface area contributed by atoms with Crippen LogP contribution in [0.25, 0.3) is 11.0 Å². The number of aromatic nitrogens is 3. The summed E-state index contributed by atoms with van der Waals surface area (Å²) in [6.07, 6.45) is 3.78. The van der Waals surface area contributed by atoms with Crippen LogP contribution in [-0.4, -0.2) is 52.1 Å².